The van der Waals surface area contributed by atoms with Gasteiger partial charge in [0.2, 0.25) is 0 Å². The quantitative estimate of drug-likeness (QED) is 0.789. The van der Waals surface area contributed by atoms with Crippen LogP contribution in [0.2, 0.25) is 0 Å². The number of methoxy groups -OCH3 is 1. The van der Waals surface area contributed by atoms with Crippen LogP contribution in [0.15, 0.2) is 48.8 Å². The van der Waals surface area contributed by atoms with Crippen molar-refractivity contribution in [1.82, 2.24) is 4.40 Å². The number of fused-ring (bicyclic) bond motifs is 1. The maximum Gasteiger partial charge on any atom is 0.121 e. The predicted octanol–water partition coefficient (Wildman–Crippen LogP) is 3.38. The lowest BCUT2D eigenvalue weighted by Gasteiger charge is -2.08. The molecule has 0 saturated heterocycles. The summed E-state index contributed by atoms with van der Waals surface area (Å²) < 4.78 is 7.44. The number of nitrogens with two attached hydrogens (primary N) is 1. The molecular formula is C17H18N2O. The summed E-state index contributed by atoms with van der Waals surface area (Å²) in [5.74, 6) is 0.909. The third-order valence-electron chi connectivity index (χ3n) is 3.70. The molecule has 0 aliphatic rings. The molecule has 3 heteroatoms. The Balaban J connectivity index is 2.21. The molecule has 2 N–H and O–H groups in total. The highest BCUT2D eigenvalue weighted by Gasteiger charge is 2.11. The van der Waals surface area contributed by atoms with Gasteiger partial charge in [0.25, 0.3) is 0 Å². The summed E-state index contributed by atoms with van der Waals surface area (Å²) in [6, 6.07) is 12.4. The van der Waals surface area contributed by atoms with Gasteiger partial charge < -0.3 is 14.9 Å². The minimum Gasteiger partial charge on any atom is -0.496 e. The van der Waals surface area contributed by atoms with Crippen molar-refractivity contribution in [3.8, 4) is 16.9 Å². The van der Waals surface area contributed by atoms with Gasteiger partial charge >= 0.3 is 0 Å². The number of benzene rings is 1. The van der Waals surface area contributed by atoms with E-state index >= 15 is 0 Å². The topological polar surface area (TPSA) is 39.7 Å². The number of aryl methyl sites for hydroxylation is 1. The van der Waals surface area contributed by atoms with E-state index in [-0.39, 0.29) is 0 Å². The van der Waals surface area contributed by atoms with Gasteiger partial charge in [-0.05, 0) is 47.9 Å². The highest BCUT2D eigenvalue weighted by atomic mass is 16.5. The smallest absolute Gasteiger partial charge is 0.121 e. The van der Waals surface area contributed by atoms with Crippen LogP contribution in [0.25, 0.3) is 16.6 Å². The Labute approximate surface area is 118 Å². The number of nitrogens with zero attached hydrogens (tertiary/aromatic N) is 1. The summed E-state index contributed by atoms with van der Waals surface area (Å²) in [4.78, 5) is 0. The number of rotatable bonds is 3. The van der Waals surface area contributed by atoms with Crippen molar-refractivity contribution in [2.24, 2.45) is 5.73 Å². The molecular weight excluding hydrogens is 248 g/mol. The number of hydrogen-bond donors (Lipinski definition) is 1. The first-order valence-electron chi connectivity index (χ1n) is 6.68. The van der Waals surface area contributed by atoms with Gasteiger partial charge in [0, 0.05) is 24.5 Å². The molecule has 0 fully saturated rings. The zero-order chi connectivity index (χ0) is 14.1. The van der Waals surface area contributed by atoms with Gasteiger partial charge in [0.15, 0.2) is 0 Å². The van der Waals surface area contributed by atoms with Gasteiger partial charge in [-0.2, -0.15) is 0 Å². The van der Waals surface area contributed by atoms with Gasteiger partial charge in [-0.15, -0.1) is 0 Å². The average molecular weight is 266 g/mol. The Kier molecular flexibility index (Phi) is 3.20. The molecule has 0 aliphatic carbocycles. The highest BCUT2D eigenvalue weighted by molar-refractivity contribution is 5.77. The van der Waals surface area contributed by atoms with Crippen LogP contribution < -0.4 is 10.5 Å². The fourth-order valence-electron chi connectivity index (χ4n) is 2.69. The fourth-order valence-corrected chi connectivity index (χ4v) is 2.69. The van der Waals surface area contributed by atoms with Crippen molar-refractivity contribution in [2.45, 2.75) is 13.5 Å². The third-order valence-corrected chi connectivity index (χ3v) is 3.70. The molecule has 3 aromatic rings. The summed E-state index contributed by atoms with van der Waals surface area (Å²) in [5.41, 5.74) is 11.8. The van der Waals surface area contributed by atoms with Crippen LogP contribution in [-0.2, 0) is 6.54 Å². The molecule has 2 aromatic heterocycles. The van der Waals surface area contributed by atoms with Crippen LogP contribution in [0.3, 0.4) is 0 Å². The SMILES string of the molecule is COc1ccc(-c2cn3ccccc3c2CN)cc1C. The van der Waals surface area contributed by atoms with Gasteiger partial charge in [-0.3, -0.25) is 0 Å². The second kappa shape index (κ2) is 5.02. The van der Waals surface area contributed by atoms with Crippen LogP contribution in [0, 0.1) is 6.92 Å². The van der Waals surface area contributed by atoms with Crippen molar-refractivity contribution in [2.75, 3.05) is 7.11 Å². The molecule has 0 bridgehead atoms. The molecule has 0 atom stereocenters. The molecule has 1 aromatic carbocycles. The van der Waals surface area contributed by atoms with Crippen LogP contribution in [0.5, 0.6) is 5.75 Å². The summed E-state index contributed by atoms with van der Waals surface area (Å²) >= 11 is 0. The van der Waals surface area contributed by atoms with E-state index in [9.17, 15) is 0 Å². The summed E-state index contributed by atoms with van der Waals surface area (Å²) in [7, 11) is 1.69. The Bertz CT molecular complexity index is 759. The van der Waals surface area contributed by atoms with Crippen LogP contribution in [0.4, 0.5) is 0 Å². The maximum atomic E-state index is 5.95. The van der Waals surface area contributed by atoms with E-state index in [1.54, 1.807) is 7.11 Å². The Morgan fingerprint density at radius 3 is 2.75 bits per heavy atom. The van der Waals surface area contributed by atoms with Gasteiger partial charge in [-0.1, -0.05) is 12.1 Å². The molecule has 0 saturated carbocycles. The predicted molar refractivity (Wildman–Crippen MR) is 82.0 cm³/mol. The minimum atomic E-state index is 0.529. The highest BCUT2D eigenvalue weighted by Crippen LogP contribution is 2.31. The second-order valence-electron chi connectivity index (χ2n) is 4.90. The first-order valence-corrected chi connectivity index (χ1v) is 6.68. The largest absolute Gasteiger partial charge is 0.496 e. The lowest BCUT2D eigenvalue weighted by atomic mass is 10.0. The molecule has 0 spiro atoms. The average Bonchev–Trinajstić information content (AvgIpc) is 2.85. The Morgan fingerprint density at radius 1 is 1.20 bits per heavy atom. The molecule has 0 amide bonds. The molecule has 3 nitrogen and oxygen atoms in total. The molecule has 3 rings (SSSR count). The van der Waals surface area contributed by atoms with E-state index in [0.29, 0.717) is 6.54 Å². The number of ether oxygens (including phenoxy) is 1. The molecule has 0 radical (unpaired) electrons. The van der Waals surface area contributed by atoms with Crippen LogP contribution in [0.1, 0.15) is 11.1 Å². The van der Waals surface area contributed by atoms with E-state index in [0.717, 1.165) is 11.3 Å². The maximum absolute atomic E-state index is 5.95. The lowest BCUT2D eigenvalue weighted by molar-refractivity contribution is 0.412. The van der Waals surface area contributed by atoms with Crippen molar-refractivity contribution in [3.63, 3.8) is 0 Å². The zero-order valence-corrected chi connectivity index (χ0v) is 11.8. The first kappa shape index (κ1) is 12.8. The number of pyridine rings is 1. The van der Waals surface area contributed by atoms with E-state index in [4.69, 9.17) is 10.5 Å². The van der Waals surface area contributed by atoms with E-state index in [2.05, 4.69) is 35.7 Å². The summed E-state index contributed by atoms with van der Waals surface area (Å²) in [5, 5.41) is 0. The van der Waals surface area contributed by atoms with Crippen molar-refractivity contribution >= 4 is 5.52 Å². The van der Waals surface area contributed by atoms with Crippen molar-refractivity contribution in [1.29, 1.82) is 0 Å². The molecule has 20 heavy (non-hydrogen) atoms. The zero-order valence-electron chi connectivity index (χ0n) is 11.8. The van der Waals surface area contributed by atoms with Gasteiger partial charge in [0.1, 0.15) is 5.75 Å². The van der Waals surface area contributed by atoms with E-state index < -0.39 is 0 Å². The standard InChI is InChI=1S/C17H18N2O/c1-12-9-13(6-7-17(12)20-2)15-11-19-8-4-3-5-16(19)14(15)10-18/h3-9,11H,10,18H2,1-2H3. The summed E-state index contributed by atoms with van der Waals surface area (Å²) in [6.45, 7) is 2.58. The molecule has 102 valence electrons. The van der Waals surface area contributed by atoms with E-state index in [1.807, 2.05) is 24.4 Å². The van der Waals surface area contributed by atoms with Crippen molar-refractivity contribution in [3.05, 3.63) is 59.9 Å². The van der Waals surface area contributed by atoms with Crippen LogP contribution >= 0.6 is 0 Å². The minimum absolute atomic E-state index is 0.529. The lowest BCUT2D eigenvalue weighted by Crippen LogP contribution is -1.97. The van der Waals surface area contributed by atoms with Gasteiger partial charge in [-0.25, -0.2) is 0 Å². The third kappa shape index (κ3) is 1.96. The van der Waals surface area contributed by atoms with E-state index in [1.165, 1.54) is 22.2 Å². The second-order valence-corrected chi connectivity index (χ2v) is 4.90. The summed E-state index contributed by atoms with van der Waals surface area (Å²) in [6.07, 6.45) is 4.19. The first-order chi connectivity index (χ1) is 9.74. The monoisotopic (exact) mass is 266 g/mol. The fraction of sp³-hybridized carbons (Fsp3) is 0.176. The van der Waals surface area contributed by atoms with Crippen LogP contribution in [-0.4, -0.2) is 11.5 Å². The molecule has 0 unspecified atom stereocenters. The van der Waals surface area contributed by atoms with Gasteiger partial charge in [0.05, 0.1) is 12.6 Å². The number of aromatic nitrogens is 1. The number of hydrogen-bond acceptors (Lipinski definition) is 2. The molecule has 0 aliphatic heterocycles. The van der Waals surface area contributed by atoms with Crippen molar-refractivity contribution < 1.29 is 4.74 Å². The normalized spacial score (nSPS) is 10.9. The Hall–Kier alpha value is -2.26. The Morgan fingerprint density at radius 2 is 2.05 bits per heavy atom. The molecule has 2 heterocycles.